The number of amides is 1. The molecular formula is C24H23FN6O3S. The summed E-state index contributed by atoms with van der Waals surface area (Å²) in [7, 11) is 0. The number of rotatable bonds is 8. The molecule has 11 heteroatoms. The van der Waals surface area contributed by atoms with Gasteiger partial charge in [-0.05, 0) is 50.6 Å². The highest BCUT2D eigenvalue weighted by Gasteiger charge is 2.18. The third-order valence-corrected chi connectivity index (χ3v) is 6.09. The molecular weight excluding hydrogens is 471 g/mol. The van der Waals surface area contributed by atoms with Gasteiger partial charge in [0.2, 0.25) is 0 Å². The molecule has 0 aliphatic carbocycles. The number of hydrogen-bond donors (Lipinski definition) is 1. The topological polar surface area (TPSA) is 112 Å². The number of hydrogen-bond acceptors (Lipinski definition) is 8. The number of nitrogens with zero attached hydrogens (tertiary/aromatic N) is 5. The van der Waals surface area contributed by atoms with Crippen molar-refractivity contribution in [1.82, 2.24) is 30.0 Å². The fraction of sp³-hybridized carbons (Fsp3) is 0.250. The minimum atomic E-state index is -0.456. The minimum Gasteiger partial charge on any atom is -0.461 e. The fourth-order valence-corrected chi connectivity index (χ4v) is 4.14. The van der Waals surface area contributed by atoms with Crippen molar-refractivity contribution in [1.29, 1.82) is 0 Å². The molecule has 0 aliphatic heterocycles. The Bertz CT molecular complexity index is 1370. The lowest BCUT2D eigenvalue weighted by molar-refractivity contribution is 0.0520. The zero-order valence-electron chi connectivity index (χ0n) is 19.4. The molecule has 0 atom stereocenters. The molecule has 1 aromatic carbocycles. The molecule has 0 saturated heterocycles. The van der Waals surface area contributed by atoms with Crippen LogP contribution in [0.3, 0.4) is 0 Å². The highest BCUT2D eigenvalue weighted by molar-refractivity contribution is 7.09. The smallest absolute Gasteiger partial charge is 0.357 e. The van der Waals surface area contributed by atoms with E-state index in [4.69, 9.17) is 4.74 Å². The molecule has 4 rings (SSSR count). The van der Waals surface area contributed by atoms with Gasteiger partial charge in [0.15, 0.2) is 5.69 Å². The molecule has 3 aromatic heterocycles. The van der Waals surface area contributed by atoms with Crippen LogP contribution in [0.15, 0.2) is 42.0 Å². The molecule has 35 heavy (non-hydrogen) atoms. The number of ether oxygens (including phenoxy) is 1. The van der Waals surface area contributed by atoms with Crippen LogP contribution in [0.5, 0.6) is 0 Å². The van der Waals surface area contributed by atoms with Crippen molar-refractivity contribution < 1.29 is 18.7 Å². The Morgan fingerprint density at radius 1 is 1.14 bits per heavy atom. The summed E-state index contributed by atoms with van der Waals surface area (Å²) in [5.74, 6) is -0.765. The SMILES string of the molecule is CCOC(=O)c1csc(CCNC(=O)c2cnn(-c3ncc(C)c(-c4ccc(F)cc4)n3)c2C)n1. The Labute approximate surface area is 205 Å². The van der Waals surface area contributed by atoms with E-state index in [1.54, 1.807) is 37.6 Å². The molecule has 0 fully saturated rings. The second kappa shape index (κ2) is 10.5. The van der Waals surface area contributed by atoms with E-state index in [-0.39, 0.29) is 24.0 Å². The maximum atomic E-state index is 13.3. The van der Waals surface area contributed by atoms with Crippen LogP contribution in [0.4, 0.5) is 4.39 Å². The van der Waals surface area contributed by atoms with Gasteiger partial charge < -0.3 is 10.1 Å². The lowest BCUT2D eigenvalue weighted by Crippen LogP contribution is -2.26. The Kier molecular flexibility index (Phi) is 7.25. The average molecular weight is 495 g/mol. The lowest BCUT2D eigenvalue weighted by atomic mass is 10.1. The van der Waals surface area contributed by atoms with E-state index >= 15 is 0 Å². The predicted octanol–water partition coefficient (Wildman–Crippen LogP) is 3.69. The summed E-state index contributed by atoms with van der Waals surface area (Å²) in [5, 5.41) is 9.52. The Balaban J connectivity index is 1.44. The number of carbonyl (C=O) groups is 2. The zero-order valence-corrected chi connectivity index (χ0v) is 20.2. The van der Waals surface area contributed by atoms with Gasteiger partial charge in [-0.25, -0.2) is 28.8 Å². The first-order chi connectivity index (χ1) is 16.9. The Morgan fingerprint density at radius 3 is 2.66 bits per heavy atom. The molecule has 0 aliphatic rings. The number of thiazole rings is 1. The number of esters is 1. The Morgan fingerprint density at radius 2 is 1.91 bits per heavy atom. The standard InChI is InChI=1S/C24H23FN6O3S/c1-4-34-23(33)19-13-35-20(29-19)9-10-26-22(32)18-12-28-31(15(18)3)24-27-11-14(2)21(30-24)16-5-7-17(25)8-6-16/h5-8,11-13H,4,9-10H2,1-3H3,(H,26,32). The van der Waals surface area contributed by atoms with Crippen LogP contribution in [-0.2, 0) is 11.2 Å². The monoisotopic (exact) mass is 494 g/mol. The van der Waals surface area contributed by atoms with Gasteiger partial charge in [0.25, 0.3) is 11.9 Å². The van der Waals surface area contributed by atoms with E-state index in [1.807, 2.05) is 6.92 Å². The number of aryl methyl sites for hydroxylation is 1. The van der Waals surface area contributed by atoms with Crippen LogP contribution >= 0.6 is 11.3 Å². The summed E-state index contributed by atoms with van der Waals surface area (Å²) in [6, 6.07) is 6.06. The van der Waals surface area contributed by atoms with E-state index in [1.165, 1.54) is 34.3 Å². The first-order valence-corrected chi connectivity index (χ1v) is 11.8. The molecule has 1 amide bonds. The van der Waals surface area contributed by atoms with Crippen molar-refractivity contribution in [3.63, 3.8) is 0 Å². The highest BCUT2D eigenvalue weighted by atomic mass is 32.1. The van der Waals surface area contributed by atoms with Crippen LogP contribution in [0.2, 0.25) is 0 Å². The van der Waals surface area contributed by atoms with Crippen LogP contribution < -0.4 is 5.32 Å². The molecule has 4 aromatic rings. The second-order valence-electron chi connectivity index (χ2n) is 7.62. The molecule has 180 valence electrons. The zero-order chi connectivity index (χ0) is 24.9. The van der Waals surface area contributed by atoms with Crippen LogP contribution in [0, 0.1) is 19.7 Å². The first kappa shape index (κ1) is 24.1. The highest BCUT2D eigenvalue weighted by Crippen LogP contribution is 2.22. The molecule has 0 saturated carbocycles. The summed E-state index contributed by atoms with van der Waals surface area (Å²) in [6.45, 7) is 6.00. The van der Waals surface area contributed by atoms with Gasteiger partial charge in [-0.15, -0.1) is 11.3 Å². The summed E-state index contributed by atoms with van der Waals surface area (Å²) < 4.78 is 19.8. The molecule has 3 heterocycles. The van der Waals surface area contributed by atoms with E-state index in [9.17, 15) is 14.0 Å². The number of carbonyl (C=O) groups excluding carboxylic acids is 2. The van der Waals surface area contributed by atoms with Gasteiger partial charge in [0, 0.05) is 30.1 Å². The van der Waals surface area contributed by atoms with Crippen LogP contribution in [-0.4, -0.2) is 49.8 Å². The summed E-state index contributed by atoms with van der Waals surface area (Å²) in [6.07, 6.45) is 3.61. The van der Waals surface area contributed by atoms with Gasteiger partial charge >= 0.3 is 5.97 Å². The molecule has 0 bridgehead atoms. The van der Waals surface area contributed by atoms with E-state index in [0.29, 0.717) is 35.9 Å². The fourth-order valence-electron chi connectivity index (χ4n) is 3.37. The van der Waals surface area contributed by atoms with E-state index in [2.05, 4.69) is 25.4 Å². The number of benzene rings is 1. The third-order valence-electron chi connectivity index (χ3n) is 5.18. The summed E-state index contributed by atoms with van der Waals surface area (Å²) in [4.78, 5) is 37.7. The third kappa shape index (κ3) is 5.40. The van der Waals surface area contributed by atoms with Crippen molar-refractivity contribution in [2.24, 2.45) is 0 Å². The van der Waals surface area contributed by atoms with Gasteiger partial charge in [-0.2, -0.15) is 5.10 Å². The average Bonchev–Trinajstić information content (AvgIpc) is 3.47. The maximum absolute atomic E-state index is 13.3. The minimum absolute atomic E-state index is 0.272. The maximum Gasteiger partial charge on any atom is 0.357 e. The van der Waals surface area contributed by atoms with Crippen molar-refractivity contribution in [3.05, 3.63) is 75.4 Å². The van der Waals surface area contributed by atoms with E-state index < -0.39 is 5.97 Å². The summed E-state index contributed by atoms with van der Waals surface area (Å²) >= 11 is 1.34. The van der Waals surface area contributed by atoms with Crippen LogP contribution in [0.25, 0.3) is 17.2 Å². The van der Waals surface area contributed by atoms with Gasteiger partial charge in [0.05, 0.1) is 34.8 Å². The number of nitrogens with one attached hydrogen (secondary N) is 1. The van der Waals surface area contributed by atoms with Crippen LogP contribution in [0.1, 0.15) is 44.0 Å². The molecule has 0 spiro atoms. The molecule has 1 N–H and O–H groups in total. The van der Waals surface area contributed by atoms with Gasteiger partial charge in [0.1, 0.15) is 5.82 Å². The van der Waals surface area contributed by atoms with Crippen molar-refractivity contribution >= 4 is 23.2 Å². The number of aromatic nitrogens is 5. The molecule has 9 nitrogen and oxygen atoms in total. The number of halogens is 1. The largest absolute Gasteiger partial charge is 0.461 e. The normalized spacial score (nSPS) is 10.9. The summed E-state index contributed by atoms with van der Waals surface area (Å²) in [5.41, 5.74) is 3.48. The van der Waals surface area contributed by atoms with Gasteiger partial charge in [-0.1, -0.05) is 0 Å². The Hall–Kier alpha value is -3.99. The van der Waals surface area contributed by atoms with Crippen molar-refractivity contribution in [3.8, 4) is 17.2 Å². The lowest BCUT2D eigenvalue weighted by Gasteiger charge is -2.09. The van der Waals surface area contributed by atoms with Crippen molar-refractivity contribution in [2.45, 2.75) is 27.2 Å². The van der Waals surface area contributed by atoms with Crippen molar-refractivity contribution in [2.75, 3.05) is 13.2 Å². The molecule has 0 radical (unpaired) electrons. The second-order valence-corrected chi connectivity index (χ2v) is 8.56. The quantitative estimate of drug-likeness (QED) is 0.372. The first-order valence-electron chi connectivity index (χ1n) is 10.9. The van der Waals surface area contributed by atoms with Gasteiger partial charge in [-0.3, -0.25) is 4.79 Å². The predicted molar refractivity (Wildman–Crippen MR) is 128 cm³/mol. The van der Waals surface area contributed by atoms with E-state index in [0.717, 1.165) is 16.1 Å². The molecule has 0 unspecified atom stereocenters.